The van der Waals surface area contributed by atoms with Crippen LogP contribution in [-0.4, -0.2) is 20.6 Å². The van der Waals surface area contributed by atoms with Gasteiger partial charge in [0.25, 0.3) is 0 Å². The fourth-order valence-electron chi connectivity index (χ4n) is 1.84. The quantitative estimate of drug-likeness (QED) is 0.833. The monoisotopic (exact) mass is 259 g/mol. The van der Waals surface area contributed by atoms with Gasteiger partial charge in [0.05, 0.1) is 6.54 Å². The van der Waals surface area contributed by atoms with E-state index in [-0.39, 0.29) is 6.42 Å². The summed E-state index contributed by atoms with van der Waals surface area (Å²) in [6, 6.07) is 7.81. The number of hydrogen-bond acceptors (Lipinski definition) is 3. The minimum Gasteiger partial charge on any atom is -0.481 e. The molecule has 0 radical (unpaired) electrons. The zero-order chi connectivity index (χ0) is 13.7. The Morgan fingerprint density at radius 2 is 2.32 bits per heavy atom. The molecule has 0 unspecified atom stereocenters. The number of aryl methyl sites for hydroxylation is 2. The first-order valence-corrected chi connectivity index (χ1v) is 6.16. The van der Waals surface area contributed by atoms with Gasteiger partial charge in [-0.05, 0) is 24.1 Å². The Morgan fingerprint density at radius 3 is 3.00 bits per heavy atom. The highest BCUT2D eigenvalue weighted by molar-refractivity contribution is 5.67. The van der Waals surface area contributed by atoms with E-state index in [9.17, 15) is 4.79 Å². The minimum absolute atomic E-state index is 0.156. The van der Waals surface area contributed by atoms with Gasteiger partial charge < -0.3 is 15.0 Å². The number of nitrogens with one attached hydrogen (secondary N) is 1. The molecule has 2 N–H and O–H groups in total. The maximum Gasteiger partial charge on any atom is 0.303 e. The molecule has 100 valence electrons. The van der Waals surface area contributed by atoms with Crippen LogP contribution in [-0.2, 0) is 24.8 Å². The van der Waals surface area contributed by atoms with Gasteiger partial charge >= 0.3 is 5.97 Å². The molecule has 1 aromatic carbocycles. The van der Waals surface area contributed by atoms with Crippen molar-refractivity contribution in [1.82, 2.24) is 9.55 Å². The molecule has 0 atom stereocenters. The molecule has 0 amide bonds. The number of rotatable bonds is 6. The van der Waals surface area contributed by atoms with E-state index in [4.69, 9.17) is 5.11 Å². The van der Waals surface area contributed by atoms with E-state index < -0.39 is 5.97 Å². The van der Waals surface area contributed by atoms with Gasteiger partial charge in [-0.1, -0.05) is 12.1 Å². The molecule has 0 saturated carbocycles. The maximum absolute atomic E-state index is 10.5. The molecule has 0 aliphatic heterocycles. The van der Waals surface area contributed by atoms with Crippen LogP contribution in [0.25, 0.3) is 0 Å². The van der Waals surface area contributed by atoms with E-state index in [0.29, 0.717) is 13.0 Å². The third-order valence-electron chi connectivity index (χ3n) is 2.93. The van der Waals surface area contributed by atoms with Gasteiger partial charge in [0.1, 0.15) is 5.82 Å². The Bertz CT molecular complexity index is 563. The second kappa shape index (κ2) is 6.04. The number of imidazole rings is 1. The Kier molecular flexibility index (Phi) is 4.18. The van der Waals surface area contributed by atoms with E-state index in [1.807, 2.05) is 42.1 Å². The lowest BCUT2D eigenvalue weighted by Gasteiger charge is -2.08. The molecule has 2 aromatic rings. The van der Waals surface area contributed by atoms with Crippen LogP contribution in [0.1, 0.15) is 17.8 Å². The molecular weight excluding hydrogens is 242 g/mol. The molecule has 0 saturated heterocycles. The first-order valence-electron chi connectivity index (χ1n) is 6.16. The van der Waals surface area contributed by atoms with Crippen LogP contribution in [0.2, 0.25) is 0 Å². The Morgan fingerprint density at radius 1 is 1.47 bits per heavy atom. The maximum atomic E-state index is 10.5. The SMILES string of the molecule is Cn1ccnc1CNc1cccc(CCC(=O)O)c1. The van der Waals surface area contributed by atoms with Crippen molar-refractivity contribution in [3.05, 3.63) is 48.0 Å². The van der Waals surface area contributed by atoms with Crippen LogP contribution in [0.3, 0.4) is 0 Å². The first kappa shape index (κ1) is 13.1. The van der Waals surface area contributed by atoms with E-state index in [1.54, 1.807) is 6.20 Å². The van der Waals surface area contributed by atoms with Gasteiger partial charge in [0, 0.05) is 31.5 Å². The fourth-order valence-corrected chi connectivity index (χ4v) is 1.84. The number of nitrogens with zero attached hydrogens (tertiary/aromatic N) is 2. The third-order valence-corrected chi connectivity index (χ3v) is 2.93. The minimum atomic E-state index is -0.772. The van der Waals surface area contributed by atoms with Crippen molar-refractivity contribution < 1.29 is 9.90 Å². The molecule has 19 heavy (non-hydrogen) atoms. The van der Waals surface area contributed by atoms with Crippen molar-refractivity contribution in [1.29, 1.82) is 0 Å². The van der Waals surface area contributed by atoms with Crippen molar-refractivity contribution in [3.63, 3.8) is 0 Å². The van der Waals surface area contributed by atoms with Crippen LogP contribution in [0.15, 0.2) is 36.7 Å². The van der Waals surface area contributed by atoms with Gasteiger partial charge in [-0.2, -0.15) is 0 Å². The average Bonchev–Trinajstić information content (AvgIpc) is 2.80. The summed E-state index contributed by atoms with van der Waals surface area (Å²) in [6.45, 7) is 0.645. The normalized spacial score (nSPS) is 10.4. The predicted octanol–water partition coefficient (Wildman–Crippen LogP) is 2.05. The van der Waals surface area contributed by atoms with Crippen molar-refractivity contribution in [2.45, 2.75) is 19.4 Å². The fraction of sp³-hybridized carbons (Fsp3) is 0.286. The topological polar surface area (TPSA) is 67.2 Å². The lowest BCUT2D eigenvalue weighted by molar-refractivity contribution is -0.136. The van der Waals surface area contributed by atoms with Crippen LogP contribution < -0.4 is 5.32 Å². The molecule has 0 spiro atoms. The van der Waals surface area contributed by atoms with E-state index in [0.717, 1.165) is 17.1 Å². The van der Waals surface area contributed by atoms with Crippen molar-refractivity contribution >= 4 is 11.7 Å². The van der Waals surface area contributed by atoms with Gasteiger partial charge in [-0.3, -0.25) is 4.79 Å². The van der Waals surface area contributed by atoms with Crippen molar-refractivity contribution in [3.8, 4) is 0 Å². The zero-order valence-corrected chi connectivity index (χ0v) is 10.8. The molecule has 0 fully saturated rings. The number of benzene rings is 1. The highest BCUT2D eigenvalue weighted by atomic mass is 16.4. The van der Waals surface area contributed by atoms with Crippen LogP contribution in [0, 0.1) is 0 Å². The molecule has 0 aliphatic rings. The predicted molar refractivity (Wildman–Crippen MR) is 72.9 cm³/mol. The van der Waals surface area contributed by atoms with Crippen molar-refractivity contribution in [2.75, 3.05) is 5.32 Å². The molecule has 0 aliphatic carbocycles. The summed E-state index contributed by atoms with van der Waals surface area (Å²) >= 11 is 0. The second-order valence-electron chi connectivity index (χ2n) is 4.40. The van der Waals surface area contributed by atoms with Crippen LogP contribution in [0.5, 0.6) is 0 Å². The molecule has 0 bridgehead atoms. The second-order valence-corrected chi connectivity index (χ2v) is 4.40. The number of carbonyl (C=O) groups is 1. The molecule has 5 nitrogen and oxygen atoms in total. The summed E-state index contributed by atoms with van der Waals surface area (Å²) in [5.41, 5.74) is 2.00. The van der Waals surface area contributed by atoms with Crippen LogP contribution >= 0.6 is 0 Å². The van der Waals surface area contributed by atoms with E-state index in [1.165, 1.54) is 0 Å². The summed E-state index contributed by atoms with van der Waals surface area (Å²) < 4.78 is 1.96. The van der Waals surface area contributed by atoms with Gasteiger partial charge in [-0.25, -0.2) is 4.98 Å². The Hall–Kier alpha value is -2.30. The average molecular weight is 259 g/mol. The largest absolute Gasteiger partial charge is 0.481 e. The summed E-state index contributed by atoms with van der Waals surface area (Å²) in [7, 11) is 1.95. The van der Waals surface area contributed by atoms with Gasteiger partial charge in [-0.15, -0.1) is 0 Å². The number of carboxylic acid groups (broad SMARTS) is 1. The number of anilines is 1. The van der Waals surface area contributed by atoms with Gasteiger partial charge in [0.15, 0.2) is 0 Å². The molecule has 1 heterocycles. The summed E-state index contributed by atoms with van der Waals surface area (Å²) in [5, 5.41) is 12.0. The lowest BCUT2D eigenvalue weighted by Crippen LogP contribution is -2.06. The number of carboxylic acids is 1. The Labute approximate surface area is 111 Å². The standard InChI is InChI=1S/C14H17N3O2/c1-17-8-7-15-13(17)10-16-12-4-2-3-11(9-12)5-6-14(18)19/h2-4,7-9,16H,5-6,10H2,1H3,(H,18,19). The molecular formula is C14H17N3O2. The smallest absolute Gasteiger partial charge is 0.303 e. The molecule has 5 heteroatoms. The Balaban J connectivity index is 1.95. The lowest BCUT2D eigenvalue weighted by atomic mass is 10.1. The van der Waals surface area contributed by atoms with E-state index in [2.05, 4.69) is 10.3 Å². The van der Waals surface area contributed by atoms with Crippen LogP contribution in [0.4, 0.5) is 5.69 Å². The molecule has 2 rings (SSSR count). The molecule has 1 aromatic heterocycles. The number of aliphatic carboxylic acids is 1. The first-order chi connectivity index (χ1) is 9.15. The highest BCUT2D eigenvalue weighted by Gasteiger charge is 2.02. The van der Waals surface area contributed by atoms with Gasteiger partial charge in [0.2, 0.25) is 0 Å². The summed E-state index contributed by atoms with van der Waals surface area (Å²) in [4.78, 5) is 14.8. The van der Waals surface area contributed by atoms with Crippen molar-refractivity contribution in [2.24, 2.45) is 7.05 Å². The highest BCUT2D eigenvalue weighted by Crippen LogP contribution is 2.13. The number of hydrogen-bond donors (Lipinski definition) is 2. The summed E-state index contributed by atoms with van der Waals surface area (Å²) in [5.74, 6) is 0.183. The van der Waals surface area contributed by atoms with E-state index >= 15 is 0 Å². The number of aromatic nitrogens is 2. The third kappa shape index (κ3) is 3.84. The summed E-state index contributed by atoms with van der Waals surface area (Å²) in [6.07, 6.45) is 4.37. The zero-order valence-electron chi connectivity index (χ0n) is 10.8.